The lowest BCUT2D eigenvalue weighted by atomic mass is 9.90. The summed E-state index contributed by atoms with van der Waals surface area (Å²) >= 11 is 0. The summed E-state index contributed by atoms with van der Waals surface area (Å²) in [6.45, 7) is 2.78. The molecule has 1 saturated carbocycles. The summed E-state index contributed by atoms with van der Waals surface area (Å²) < 4.78 is 5.85. The molecule has 0 unspecified atom stereocenters. The van der Waals surface area contributed by atoms with Crippen LogP contribution in [0.25, 0.3) is 0 Å². The van der Waals surface area contributed by atoms with Crippen molar-refractivity contribution < 1.29 is 4.74 Å². The maximum atomic E-state index is 7.45. The summed E-state index contributed by atoms with van der Waals surface area (Å²) in [6, 6.07) is 5.75. The summed E-state index contributed by atoms with van der Waals surface area (Å²) in [5, 5.41) is 7.45. The highest BCUT2D eigenvalue weighted by atomic mass is 16.5. The van der Waals surface area contributed by atoms with Crippen LogP contribution in [0.5, 0.6) is 5.75 Å². The van der Waals surface area contributed by atoms with Crippen molar-refractivity contribution in [3.05, 3.63) is 29.3 Å². The van der Waals surface area contributed by atoms with E-state index in [1.54, 1.807) is 0 Å². The summed E-state index contributed by atoms with van der Waals surface area (Å²) in [5.41, 5.74) is 7.29. The van der Waals surface area contributed by atoms with E-state index >= 15 is 0 Å². The second-order valence-corrected chi connectivity index (χ2v) is 5.21. The van der Waals surface area contributed by atoms with Gasteiger partial charge in [0, 0.05) is 5.56 Å². The topological polar surface area (TPSA) is 59.1 Å². The predicted molar refractivity (Wildman–Crippen MR) is 74.3 cm³/mol. The average molecular weight is 246 g/mol. The number of nitrogens with one attached hydrogen (secondary N) is 1. The number of nitrogens with two attached hydrogens (primary N) is 1. The van der Waals surface area contributed by atoms with Gasteiger partial charge in [-0.2, -0.15) is 0 Å². The number of rotatable bonds is 4. The SMILES string of the molecule is Cc1cc(OCC2CCCCC2)ccc1C(=N)N. The van der Waals surface area contributed by atoms with Gasteiger partial charge in [0.25, 0.3) is 0 Å². The molecule has 3 nitrogen and oxygen atoms in total. The molecule has 1 aromatic carbocycles. The highest BCUT2D eigenvalue weighted by Crippen LogP contribution is 2.25. The van der Waals surface area contributed by atoms with E-state index in [0.717, 1.165) is 23.5 Å². The lowest BCUT2D eigenvalue weighted by Crippen LogP contribution is -2.16. The maximum Gasteiger partial charge on any atom is 0.123 e. The van der Waals surface area contributed by atoms with Crippen LogP contribution in [0.3, 0.4) is 0 Å². The molecule has 0 radical (unpaired) electrons. The van der Waals surface area contributed by atoms with Gasteiger partial charge in [-0.25, -0.2) is 0 Å². The van der Waals surface area contributed by atoms with Gasteiger partial charge in [-0.15, -0.1) is 0 Å². The zero-order valence-electron chi connectivity index (χ0n) is 11.0. The minimum Gasteiger partial charge on any atom is -0.493 e. The number of aryl methyl sites for hydroxylation is 1. The van der Waals surface area contributed by atoms with E-state index in [1.165, 1.54) is 32.1 Å². The molecule has 0 aliphatic heterocycles. The third-order valence-corrected chi connectivity index (χ3v) is 3.70. The Balaban J connectivity index is 1.93. The minimum atomic E-state index is 0.117. The van der Waals surface area contributed by atoms with E-state index in [4.69, 9.17) is 15.9 Å². The fourth-order valence-corrected chi connectivity index (χ4v) is 2.60. The van der Waals surface area contributed by atoms with Crippen molar-refractivity contribution >= 4 is 5.84 Å². The fourth-order valence-electron chi connectivity index (χ4n) is 2.60. The van der Waals surface area contributed by atoms with Gasteiger partial charge in [-0.1, -0.05) is 19.3 Å². The number of amidine groups is 1. The van der Waals surface area contributed by atoms with E-state index in [2.05, 4.69) is 0 Å². The van der Waals surface area contributed by atoms with Crippen LogP contribution in [-0.4, -0.2) is 12.4 Å². The Morgan fingerprint density at radius 2 is 2.06 bits per heavy atom. The van der Waals surface area contributed by atoms with E-state index in [9.17, 15) is 0 Å². The molecule has 1 aliphatic carbocycles. The first-order valence-electron chi connectivity index (χ1n) is 6.74. The van der Waals surface area contributed by atoms with Gasteiger partial charge in [-0.05, 0) is 49.4 Å². The van der Waals surface area contributed by atoms with Crippen molar-refractivity contribution in [2.45, 2.75) is 39.0 Å². The number of nitrogen functional groups attached to an aromatic ring is 1. The Hall–Kier alpha value is -1.51. The van der Waals surface area contributed by atoms with Crippen LogP contribution in [0.4, 0.5) is 0 Å². The minimum absolute atomic E-state index is 0.117. The van der Waals surface area contributed by atoms with Crippen LogP contribution in [0, 0.1) is 18.3 Å². The Bertz CT molecular complexity index is 423. The van der Waals surface area contributed by atoms with E-state index in [0.29, 0.717) is 5.92 Å². The molecule has 0 bridgehead atoms. The molecule has 0 amide bonds. The zero-order chi connectivity index (χ0) is 13.0. The van der Waals surface area contributed by atoms with Crippen LogP contribution in [-0.2, 0) is 0 Å². The van der Waals surface area contributed by atoms with Crippen molar-refractivity contribution in [1.82, 2.24) is 0 Å². The number of ether oxygens (including phenoxy) is 1. The Labute approximate surface area is 109 Å². The van der Waals surface area contributed by atoms with Gasteiger partial charge >= 0.3 is 0 Å². The van der Waals surface area contributed by atoms with Crippen molar-refractivity contribution in [3.63, 3.8) is 0 Å². The highest BCUT2D eigenvalue weighted by Gasteiger charge is 2.14. The fraction of sp³-hybridized carbons (Fsp3) is 0.533. The first kappa shape index (κ1) is 12.9. The second kappa shape index (κ2) is 5.89. The summed E-state index contributed by atoms with van der Waals surface area (Å²) in [5.74, 6) is 1.72. The largest absolute Gasteiger partial charge is 0.493 e. The van der Waals surface area contributed by atoms with Crippen LogP contribution in [0.1, 0.15) is 43.2 Å². The van der Waals surface area contributed by atoms with Crippen molar-refractivity contribution in [1.29, 1.82) is 5.41 Å². The van der Waals surface area contributed by atoms with Crippen molar-refractivity contribution in [3.8, 4) is 5.75 Å². The molecule has 0 spiro atoms. The summed E-state index contributed by atoms with van der Waals surface area (Å²) in [7, 11) is 0. The molecule has 3 heteroatoms. The van der Waals surface area contributed by atoms with Gasteiger partial charge in [0.2, 0.25) is 0 Å². The van der Waals surface area contributed by atoms with Crippen molar-refractivity contribution in [2.75, 3.05) is 6.61 Å². The van der Waals surface area contributed by atoms with E-state index < -0.39 is 0 Å². The Kier molecular flexibility index (Phi) is 4.24. The average Bonchev–Trinajstić information content (AvgIpc) is 2.37. The Morgan fingerprint density at radius 3 is 2.67 bits per heavy atom. The molecule has 0 saturated heterocycles. The highest BCUT2D eigenvalue weighted by molar-refractivity contribution is 5.96. The number of hydrogen-bond donors (Lipinski definition) is 2. The summed E-state index contributed by atoms with van der Waals surface area (Å²) in [6.07, 6.45) is 6.66. The van der Waals surface area contributed by atoms with Gasteiger partial charge in [0.15, 0.2) is 0 Å². The zero-order valence-corrected chi connectivity index (χ0v) is 11.0. The molecule has 1 fully saturated rings. The third-order valence-electron chi connectivity index (χ3n) is 3.70. The van der Waals surface area contributed by atoms with Crippen LogP contribution >= 0.6 is 0 Å². The molecular weight excluding hydrogens is 224 g/mol. The molecule has 2 rings (SSSR count). The molecule has 3 N–H and O–H groups in total. The lowest BCUT2D eigenvalue weighted by molar-refractivity contribution is 0.209. The first-order chi connectivity index (χ1) is 8.66. The first-order valence-corrected chi connectivity index (χ1v) is 6.74. The third kappa shape index (κ3) is 3.25. The molecule has 0 atom stereocenters. The quantitative estimate of drug-likeness (QED) is 0.633. The van der Waals surface area contributed by atoms with Crippen molar-refractivity contribution in [2.24, 2.45) is 11.7 Å². The number of benzene rings is 1. The van der Waals surface area contributed by atoms with Crippen LogP contribution in [0.2, 0.25) is 0 Å². The van der Waals surface area contributed by atoms with Gasteiger partial charge in [0.1, 0.15) is 11.6 Å². The molecular formula is C15H22N2O. The molecule has 0 heterocycles. The van der Waals surface area contributed by atoms with E-state index in [-0.39, 0.29) is 5.84 Å². The molecule has 1 aromatic rings. The summed E-state index contributed by atoms with van der Waals surface area (Å²) in [4.78, 5) is 0. The van der Waals surface area contributed by atoms with Gasteiger partial charge in [0.05, 0.1) is 6.61 Å². The lowest BCUT2D eigenvalue weighted by Gasteiger charge is -2.21. The van der Waals surface area contributed by atoms with Gasteiger partial charge in [-0.3, -0.25) is 5.41 Å². The van der Waals surface area contributed by atoms with Crippen LogP contribution < -0.4 is 10.5 Å². The van der Waals surface area contributed by atoms with Crippen LogP contribution in [0.15, 0.2) is 18.2 Å². The molecule has 18 heavy (non-hydrogen) atoms. The van der Waals surface area contributed by atoms with E-state index in [1.807, 2.05) is 25.1 Å². The standard InChI is InChI=1S/C15H22N2O/c1-11-9-13(7-8-14(11)15(16)17)18-10-12-5-3-2-4-6-12/h7-9,12H,2-6,10H2,1H3,(H3,16,17). The maximum absolute atomic E-state index is 7.45. The molecule has 0 aromatic heterocycles. The monoisotopic (exact) mass is 246 g/mol. The van der Waals surface area contributed by atoms with Gasteiger partial charge < -0.3 is 10.5 Å². The Morgan fingerprint density at radius 1 is 1.33 bits per heavy atom. The smallest absolute Gasteiger partial charge is 0.123 e. The predicted octanol–water partition coefficient (Wildman–Crippen LogP) is 3.24. The molecule has 1 aliphatic rings. The second-order valence-electron chi connectivity index (χ2n) is 5.21. The molecule has 98 valence electrons. The normalized spacial score (nSPS) is 16.5. The number of hydrogen-bond acceptors (Lipinski definition) is 2.